The third kappa shape index (κ3) is 5.71. The van der Waals surface area contributed by atoms with E-state index in [2.05, 4.69) is 0 Å². The van der Waals surface area contributed by atoms with Gasteiger partial charge in [-0.3, -0.25) is 0 Å². The van der Waals surface area contributed by atoms with Gasteiger partial charge in [0.2, 0.25) is 5.89 Å². The van der Waals surface area contributed by atoms with Gasteiger partial charge < -0.3 is 19.0 Å². The summed E-state index contributed by atoms with van der Waals surface area (Å²) in [5.74, 6) is 1.24. The van der Waals surface area contributed by atoms with E-state index in [1.165, 1.54) is 0 Å². The monoisotopic (exact) mass is 509 g/mol. The van der Waals surface area contributed by atoms with Gasteiger partial charge in [-0.1, -0.05) is 78.9 Å². The van der Waals surface area contributed by atoms with E-state index >= 15 is 0 Å². The number of nitrogens with zero attached hydrogens (tertiary/aromatic N) is 1. The number of benzene rings is 3. The third-order valence-electron chi connectivity index (χ3n) is 6.64. The molecule has 1 aliphatic rings. The number of esters is 1. The summed E-state index contributed by atoms with van der Waals surface area (Å²) in [6, 6.07) is 27.3. The van der Waals surface area contributed by atoms with Crippen LogP contribution in [0.4, 0.5) is 0 Å². The fourth-order valence-corrected chi connectivity index (χ4v) is 4.88. The first-order valence-corrected chi connectivity index (χ1v) is 13.0. The lowest BCUT2D eigenvalue weighted by Gasteiger charge is -2.32. The van der Waals surface area contributed by atoms with Crippen LogP contribution in [0, 0.1) is 0 Å². The number of oxazole rings is 1. The Balaban J connectivity index is 1.46. The largest absolute Gasteiger partial charge is 0.482 e. The van der Waals surface area contributed by atoms with Crippen molar-refractivity contribution in [2.24, 2.45) is 0 Å². The minimum absolute atomic E-state index is 0.159. The molecule has 6 heteroatoms. The van der Waals surface area contributed by atoms with Crippen LogP contribution in [0.15, 0.2) is 95.4 Å². The second-order valence-electron chi connectivity index (χ2n) is 9.39. The van der Waals surface area contributed by atoms with Crippen molar-refractivity contribution in [1.82, 2.24) is 4.98 Å². The average molecular weight is 510 g/mol. The fraction of sp³-hybridized carbons (Fsp3) is 0.250. The van der Waals surface area contributed by atoms with Crippen LogP contribution in [0.25, 0.3) is 28.2 Å². The number of aromatic nitrogens is 1. The molecule has 0 unspecified atom stereocenters. The molecule has 0 radical (unpaired) electrons. The van der Waals surface area contributed by atoms with Crippen LogP contribution >= 0.6 is 0 Å². The number of hydrogen-bond donors (Lipinski definition) is 1. The first-order chi connectivity index (χ1) is 18.6. The van der Waals surface area contributed by atoms with Gasteiger partial charge in [-0.25, -0.2) is 9.78 Å². The Morgan fingerprint density at radius 3 is 2.47 bits per heavy atom. The molecule has 0 amide bonds. The average Bonchev–Trinajstić information content (AvgIpc) is 3.38. The lowest BCUT2D eigenvalue weighted by molar-refractivity contribution is -0.145. The highest BCUT2D eigenvalue weighted by atomic mass is 16.6. The number of hydrogen-bond acceptors (Lipinski definition) is 6. The van der Waals surface area contributed by atoms with Crippen molar-refractivity contribution >= 4 is 11.5 Å². The number of allylic oxidation sites excluding steroid dienone is 1. The molecule has 0 aliphatic heterocycles. The van der Waals surface area contributed by atoms with Crippen LogP contribution in [0.3, 0.4) is 0 Å². The first kappa shape index (κ1) is 25.5. The van der Waals surface area contributed by atoms with E-state index in [-0.39, 0.29) is 6.61 Å². The molecule has 0 spiro atoms. The SMILES string of the molecule is CCOC(=O)COc1cccc(C[C@]2(O)CCCC=C2c2nc(-c3ccccc3)c(-c3ccccc3)o2)c1. The minimum atomic E-state index is -1.16. The van der Waals surface area contributed by atoms with E-state index in [4.69, 9.17) is 18.9 Å². The van der Waals surface area contributed by atoms with Crippen LogP contribution in [-0.4, -0.2) is 34.9 Å². The molecule has 1 aromatic heterocycles. The molecule has 0 bridgehead atoms. The molecule has 0 saturated heterocycles. The van der Waals surface area contributed by atoms with Crippen molar-refractivity contribution in [1.29, 1.82) is 0 Å². The van der Waals surface area contributed by atoms with Gasteiger partial charge in [0.1, 0.15) is 11.4 Å². The zero-order valence-electron chi connectivity index (χ0n) is 21.4. The van der Waals surface area contributed by atoms with Gasteiger partial charge in [-0.2, -0.15) is 0 Å². The Morgan fingerprint density at radius 1 is 1.00 bits per heavy atom. The van der Waals surface area contributed by atoms with Crippen LogP contribution in [0.1, 0.15) is 37.6 Å². The van der Waals surface area contributed by atoms with Gasteiger partial charge in [0.15, 0.2) is 12.4 Å². The summed E-state index contributed by atoms with van der Waals surface area (Å²) in [6.07, 6.45) is 4.68. The van der Waals surface area contributed by atoms with Gasteiger partial charge in [0.25, 0.3) is 0 Å². The van der Waals surface area contributed by atoms with Crippen molar-refractivity contribution in [3.8, 4) is 28.3 Å². The van der Waals surface area contributed by atoms with E-state index in [0.717, 1.165) is 35.2 Å². The number of carbonyl (C=O) groups excluding carboxylic acids is 1. The molecular formula is C32H31NO5. The van der Waals surface area contributed by atoms with E-state index in [0.29, 0.717) is 42.4 Å². The van der Waals surface area contributed by atoms with Gasteiger partial charge in [0.05, 0.1) is 12.2 Å². The maximum atomic E-state index is 12.0. The molecule has 3 aromatic carbocycles. The second-order valence-corrected chi connectivity index (χ2v) is 9.39. The second kappa shape index (κ2) is 11.5. The van der Waals surface area contributed by atoms with Gasteiger partial charge in [0, 0.05) is 23.1 Å². The summed E-state index contributed by atoms with van der Waals surface area (Å²) in [7, 11) is 0. The Labute approximate surface area is 222 Å². The smallest absolute Gasteiger partial charge is 0.344 e. The maximum absolute atomic E-state index is 12.0. The summed E-state index contributed by atoms with van der Waals surface area (Å²) in [5.41, 5.74) is 3.05. The highest BCUT2D eigenvalue weighted by molar-refractivity contribution is 5.80. The first-order valence-electron chi connectivity index (χ1n) is 13.0. The topological polar surface area (TPSA) is 81.8 Å². The van der Waals surface area contributed by atoms with Crippen LogP contribution in [0.5, 0.6) is 5.75 Å². The lowest BCUT2D eigenvalue weighted by Crippen LogP contribution is -2.35. The number of carbonyl (C=O) groups is 1. The standard InChI is InChI=1S/C32H31NO5/c1-2-36-28(34)22-37-26-17-11-12-23(20-26)21-32(35)19-10-9-18-27(32)31-33-29(24-13-5-3-6-14-24)30(38-31)25-15-7-4-8-16-25/h3-8,11-18,20,35H,2,9-10,19,21-22H2,1H3/t32-/m1/s1. The normalized spacial score (nSPS) is 17.1. The molecule has 1 atom stereocenters. The van der Waals surface area contributed by atoms with Crippen molar-refractivity contribution in [3.05, 3.63) is 102 Å². The highest BCUT2D eigenvalue weighted by Gasteiger charge is 2.38. The summed E-state index contributed by atoms with van der Waals surface area (Å²) in [6.45, 7) is 1.91. The Morgan fingerprint density at radius 2 is 1.74 bits per heavy atom. The van der Waals surface area contributed by atoms with Gasteiger partial charge >= 0.3 is 5.97 Å². The zero-order valence-corrected chi connectivity index (χ0v) is 21.4. The number of rotatable bonds is 9. The molecule has 1 heterocycles. The fourth-order valence-electron chi connectivity index (χ4n) is 4.88. The van der Waals surface area contributed by atoms with Crippen LogP contribution in [-0.2, 0) is 16.0 Å². The molecule has 4 aromatic rings. The van der Waals surface area contributed by atoms with Crippen LogP contribution in [0.2, 0.25) is 0 Å². The van der Waals surface area contributed by atoms with Crippen molar-refractivity contribution in [3.63, 3.8) is 0 Å². The Bertz CT molecular complexity index is 1350. The maximum Gasteiger partial charge on any atom is 0.344 e. The van der Waals surface area contributed by atoms with Crippen LogP contribution < -0.4 is 4.74 Å². The minimum Gasteiger partial charge on any atom is -0.482 e. The summed E-state index contributed by atoms with van der Waals surface area (Å²) in [4.78, 5) is 16.6. The lowest BCUT2D eigenvalue weighted by atomic mass is 9.78. The van der Waals surface area contributed by atoms with E-state index in [1.54, 1.807) is 13.0 Å². The van der Waals surface area contributed by atoms with Crippen molar-refractivity contribution in [2.75, 3.05) is 13.2 Å². The molecule has 194 valence electrons. The molecule has 0 saturated carbocycles. The molecule has 0 fully saturated rings. The van der Waals surface area contributed by atoms with Gasteiger partial charge in [-0.15, -0.1) is 0 Å². The number of aliphatic hydroxyl groups is 1. The van der Waals surface area contributed by atoms with Crippen molar-refractivity contribution < 1.29 is 23.8 Å². The van der Waals surface area contributed by atoms with E-state index in [1.807, 2.05) is 84.9 Å². The molecule has 1 aliphatic carbocycles. The highest BCUT2D eigenvalue weighted by Crippen LogP contribution is 2.42. The summed E-state index contributed by atoms with van der Waals surface area (Å²) in [5, 5.41) is 12.0. The van der Waals surface area contributed by atoms with E-state index in [9.17, 15) is 9.90 Å². The predicted molar refractivity (Wildman–Crippen MR) is 146 cm³/mol. The molecule has 6 nitrogen and oxygen atoms in total. The number of ether oxygens (including phenoxy) is 2. The molecular weight excluding hydrogens is 478 g/mol. The van der Waals surface area contributed by atoms with Gasteiger partial charge in [-0.05, 0) is 43.9 Å². The quantitative estimate of drug-likeness (QED) is 0.260. The van der Waals surface area contributed by atoms with E-state index < -0.39 is 11.6 Å². The summed E-state index contributed by atoms with van der Waals surface area (Å²) >= 11 is 0. The Kier molecular flexibility index (Phi) is 7.70. The zero-order chi connectivity index (χ0) is 26.4. The molecule has 5 rings (SSSR count). The molecule has 1 N–H and O–H groups in total. The third-order valence-corrected chi connectivity index (χ3v) is 6.64. The Hall–Kier alpha value is -4.16. The molecule has 38 heavy (non-hydrogen) atoms. The summed E-state index contributed by atoms with van der Waals surface area (Å²) < 4.78 is 17.0. The van der Waals surface area contributed by atoms with Crippen molar-refractivity contribution in [2.45, 2.75) is 38.2 Å². The predicted octanol–water partition coefficient (Wildman–Crippen LogP) is 6.49.